The molecule has 4 nitrogen and oxygen atoms in total. The van der Waals surface area contributed by atoms with Crippen LogP contribution in [0.4, 0.5) is 0 Å². The Morgan fingerprint density at radius 3 is 2.87 bits per heavy atom. The quantitative estimate of drug-likeness (QED) is 0.458. The Balaban J connectivity index is 2.98. The van der Waals surface area contributed by atoms with Gasteiger partial charge in [0.1, 0.15) is 11.8 Å². The van der Waals surface area contributed by atoms with Gasteiger partial charge in [0.15, 0.2) is 0 Å². The Morgan fingerprint density at radius 2 is 2.33 bits per heavy atom. The molecule has 0 unspecified atom stereocenters. The normalized spacial score (nSPS) is 8.33. The van der Waals surface area contributed by atoms with Gasteiger partial charge in [0.2, 0.25) is 0 Å². The second-order valence-electron chi connectivity index (χ2n) is 2.74. The van der Waals surface area contributed by atoms with Crippen molar-refractivity contribution in [3.05, 3.63) is 29.1 Å². The van der Waals surface area contributed by atoms with Crippen molar-refractivity contribution in [1.29, 1.82) is 5.26 Å². The van der Waals surface area contributed by atoms with Crippen molar-refractivity contribution < 1.29 is 9.53 Å². The van der Waals surface area contributed by atoms with Gasteiger partial charge in [-0.3, -0.25) is 0 Å². The van der Waals surface area contributed by atoms with Crippen molar-refractivity contribution in [3.63, 3.8) is 0 Å². The fourth-order valence-electron chi connectivity index (χ4n) is 0.934. The van der Waals surface area contributed by atoms with Crippen LogP contribution in [0.15, 0.2) is 12.3 Å². The Hall–Kier alpha value is -2.33. The molecule has 1 aromatic heterocycles. The van der Waals surface area contributed by atoms with Gasteiger partial charge < -0.3 is 4.74 Å². The SMILES string of the molecule is COC(=O)C#Cc1cnc(C#N)c(C)c1. The lowest BCUT2D eigenvalue weighted by atomic mass is 10.1. The summed E-state index contributed by atoms with van der Waals surface area (Å²) in [6, 6.07) is 3.64. The number of aryl methyl sites for hydroxylation is 1. The van der Waals surface area contributed by atoms with E-state index in [0.29, 0.717) is 11.3 Å². The highest BCUT2D eigenvalue weighted by atomic mass is 16.5. The first-order chi connectivity index (χ1) is 7.17. The van der Waals surface area contributed by atoms with Crippen molar-refractivity contribution in [1.82, 2.24) is 4.98 Å². The van der Waals surface area contributed by atoms with Crippen LogP contribution in [-0.4, -0.2) is 18.1 Å². The lowest BCUT2D eigenvalue weighted by Crippen LogP contribution is -1.95. The minimum absolute atomic E-state index is 0.360. The lowest BCUT2D eigenvalue weighted by molar-refractivity contribution is -0.133. The van der Waals surface area contributed by atoms with Crippen LogP contribution >= 0.6 is 0 Å². The van der Waals surface area contributed by atoms with E-state index in [1.807, 2.05) is 6.07 Å². The van der Waals surface area contributed by atoms with Gasteiger partial charge in [0.05, 0.1) is 7.11 Å². The maximum atomic E-state index is 10.7. The first-order valence-electron chi connectivity index (χ1n) is 4.14. The van der Waals surface area contributed by atoms with Crippen LogP contribution in [0.3, 0.4) is 0 Å². The number of rotatable bonds is 0. The molecule has 1 rings (SSSR count). The van der Waals surface area contributed by atoms with E-state index < -0.39 is 5.97 Å². The molecular formula is C11H8N2O2. The predicted molar refractivity (Wildman–Crippen MR) is 52.6 cm³/mol. The summed E-state index contributed by atoms with van der Waals surface area (Å²) in [6.45, 7) is 1.76. The molecule has 4 heteroatoms. The lowest BCUT2D eigenvalue weighted by Gasteiger charge is -1.95. The summed E-state index contributed by atoms with van der Waals surface area (Å²) in [5, 5.41) is 8.64. The molecule has 74 valence electrons. The molecule has 0 aliphatic heterocycles. The van der Waals surface area contributed by atoms with E-state index in [1.54, 1.807) is 13.0 Å². The van der Waals surface area contributed by atoms with Crippen LogP contribution < -0.4 is 0 Å². The maximum absolute atomic E-state index is 10.7. The van der Waals surface area contributed by atoms with Gasteiger partial charge in [0.25, 0.3) is 0 Å². The minimum Gasteiger partial charge on any atom is -0.459 e. The molecule has 0 N–H and O–H groups in total. The third-order valence-electron chi connectivity index (χ3n) is 1.68. The molecule has 0 aromatic carbocycles. The monoisotopic (exact) mass is 200 g/mol. The number of pyridine rings is 1. The number of hydrogen-bond acceptors (Lipinski definition) is 4. The van der Waals surface area contributed by atoms with Gasteiger partial charge >= 0.3 is 5.97 Å². The molecule has 0 aliphatic carbocycles. The van der Waals surface area contributed by atoms with Crippen molar-refractivity contribution in [2.24, 2.45) is 0 Å². The van der Waals surface area contributed by atoms with Crippen molar-refractivity contribution in [2.45, 2.75) is 6.92 Å². The number of aromatic nitrogens is 1. The molecule has 0 saturated heterocycles. The third kappa shape index (κ3) is 2.82. The van der Waals surface area contributed by atoms with Gasteiger partial charge in [-0.05, 0) is 18.6 Å². The average Bonchev–Trinajstić information content (AvgIpc) is 2.26. The summed E-state index contributed by atoms with van der Waals surface area (Å²) in [5.74, 6) is 4.27. The largest absolute Gasteiger partial charge is 0.459 e. The molecule has 0 atom stereocenters. The number of nitrogens with zero attached hydrogens (tertiary/aromatic N) is 2. The summed E-state index contributed by atoms with van der Waals surface area (Å²) < 4.78 is 4.36. The number of esters is 1. The maximum Gasteiger partial charge on any atom is 0.384 e. The van der Waals surface area contributed by atoms with E-state index in [-0.39, 0.29) is 0 Å². The second-order valence-corrected chi connectivity index (χ2v) is 2.74. The molecule has 15 heavy (non-hydrogen) atoms. The van der Waals surface area contributed by atoms with Crippen LogP contribution in [0, 0.1) is 30.1 Å². The van der Waals surface area contributed by atoms with Crippen molar-refractivity contribution >= 4 is 5.97 Å². The second kappa shape index (κ2) is 4.78. The van der Waals surface area contributed by atoms with E-state index in [2.05, 4.69) is 21.6 Å². The van der Waals surface area contributed by atoms with E-state index >= 15 is 0 Å². The molecule has 0 saturated carbocycles. The standard InChI is InChI=1S/C11H8N2O2/c1-8-5-9(3-4-11(14)15-2)7-13-10(8)6-12/h5,7H,1-2H3. The van der Waals surface area contributed by atoms with E-state index in [0.717, 1.165) is 5.56 Å². The van der Waals surface area contributed by atoms with Gasteiger partial charge in [-0.15, -0.1) is 0 Å². The highest BCUT2D eigenvalue weighted by Gasteiger charge is 1.98. The number of ether oxygens (including phenoxy) is 1. The first-order valence-corrected chi connectivity index (χ1v) is 4.14. The summed E-state index contributed by atoms with van der Waals surface area (Å²) in [7, 11) is 1.26. The summed E-state index contributed by atoms with van der Waals surface area (Å²) in [6.07, 6.45) is 1.45. The van der Waals surface area contributed by atoms with E-state index in [1.165, 1.54) is 13.3 Å². The zero-order chi connectivity index (χ0) is 11.3. The zero-order valence-corrected chi connectivity index (χ0v) is 8.37. The molecule has 0 spiro atoms. The Labute approximate surface area is 87.5 Å². The zero-order valence-electron chi connectivity index (χ0n) is 8.37. The first kappa shape index (κ1) is 10.7. The summed E-state index contributed by atoms with van der Waals surface area (Å²) in [5.41, 5.74) is 1.67. The topological polar surface area (TPSA) is 63.0 Å². The van der Waals surface area contributed by atoms with Gasteiger partial charge in [-0.1, -0.05) is 5.92 Å². The van der Waals surface area contributed by atoms with Gasteiger partial charge in [0, 0.05) is 17.7 Å². The molecule has 0 fully saturated rings. The molecule has 0 amide bonds. The van der Waals surface area contributed by atoms with E-state index in [4.69, 9.17) is 5.26 Å². The van der Waals surface area contributed by atoms with Crippen molar-refractivity contribution in [2.75, 3.05) is 7.11 Å². The summed E-state index contributed by atoms with van der Waals surface area (Å²) >= 11 is 0. The van der Waals surface area contributed by atoms with Gasteiger partial charge in [-0.2, -0.15) is 5.26 Å². The third-order valence-corrected chi connectivity index (χ3v) is 1.68. The highest BCUT2D eigenvalue weighted by Crippen LogP contribution is 2.05. The Kier molecular flexibility index (Phi) is 3.43. The predicted octanol–water partition coefficient (Wildman–Crippen LogP) is 0.786. The number of carbonyl (C=O) groups is 1. The highest BCUT2D eigenvalue weighted by molar-refractivity contribution is 5.88. The average molecular weight is 200 g/mol. The Bertz CT molecular complexity index is 490. The van der Waals surface area contributed by atoms with Crippen LogP contribution in [0.2, 0.25) is 0 Å². The number of methoxy groups -OCH3 is 1. The fourth-order valence-corrected chi connectivity index (χ4v) is 0.934. The molecule has 0 radical (unpaired) electrons. The molecule has 1 heterocycles. The fraction of sp³-hybridized carbons (Fsp3) is 0.182. The molecular weight excluding hydrogens is 192 g/mol. The van der Waals surface area contributed by atoms with Crippen molar-refractivity contribution in [3.8, 4) is 17.9 Å². The van der Waals surface area contributed by atoms with Crippen LogP contribution in [0.5, 0.6) is 0 Å². The summed E-state index contributed by atoms with van der Waals surface area (Å²) in [4.78, 5) is 14.6. The molecule has 0 aliphatic rings. The number of hydrogen-bond donors (Lipinski definition) is 0. The smallest absolute Gasteiger partial charge is 0.384 e. The van der Waals surface area contributed by atoms with Crippen LogP contribution in [0.25, 0.3) is 0 Å². The van der Waals surface area contributed by atoms with Crippen LogP contribution in [-0.2, 0) is 9.53 Å². The van der Waals surface area contributed by atoms with E-state index in [9.17, 15) is 4.79 Å². The molecule has 0 bridgehead atoms. The Morgan fingerprint density at radius 1 is 1.60 bits per heavy atom. The van der Waals surface area contributed by atoms with Crippen LogP contribution in [0.1, 0.15) is 16.8 Å². The minimum atomic E-state index is -0.600. The number of nitriles is 1. The number of carbonyl (C=O) groups excluding carboxylic acids is 1. The van der Waals surface area contributed by atoms with Gasteiger partial charge in [-0.25, -0.2) is 9.78 Å². The molecule has 1 aromatic rings.